The number of benzene rings is 1. The van der Waals surface area contributed by atoms with E-state index in [9.17, 15) is 13.6 Å². The maximum atomic E-state index is 12.5. The number of carbonyl (C=O) groups is 1. The third-order valence-corrected chi connectivity index (χ3v) is 3.97. The summed E-state index contributed by atoms with van der Waals surface area (Å²) in [5, 5.41) is 0. The van der Waals surface area contributed by atoms with Gasteiger partial charge in [0.25, 0.3) is 0 Å². The van der Waals surface area contributed by atoms with E-state index < -0.39 is 18.3 Å². The van der Waals surface area contributed by atoms with Gasteiger partial charge in [-0.25, -0.2) is 8.78 Å². The Morgan fingerprint density at radius 3 is 2.81 bits per heavy atom. The third-order valence-electron chi connectivity index (χ3n) is 3.23. The molecule has 4 heteroatoms. The quantitative estimate of drug-likeness (QED) is 0.814. The predicted octanol–water partition coefficient (Wildman–Crippen LogP) is 3.49. The largest absolute Gasteiger partial charge is 0.298 e. The molecule has 1 aromatic rings. The lowest BCUT2D eigenvalue weighted by Crippen LogP contribution is -2.30. The molecule has 0 spiro atoms. The highest BCUT2D eigenvalue weighted by Gasteiger charge is 2.44. The molecule has 0 amide bonds. The van der Waals surface area contributed by atoms with E-state index in [4.69, 9.17) is 0 Å². The highest BCUT2D eigenvalue weighted by molar-refractivity contribution is 9.10. The molecule has 86 valence electrons. The van der Waals surface area contributed by atoms with E-state index in [0.717, 1.165) is 15.6 Å². The van der Waals surface area contributed by atoms with Gasteiger partial charge in [-0.15, -0.1) is 0 Å². The van der Waals surface area contributed by atoms with E-state index in [0.29, 0.717) is 0 Å². The second kappa shape index (κ2) is 3.91. The molecular formula is C12H11BrF2O. The monoisotopic (exact) mass is 288 g/mol. The molecule has 1 atom stereocenters. The second-order valence-electron chi connectivity index (χ2n) is 4.29. The van der Waals surface area contributed by atoms with Gasteiger partial charge < -0.3 is 0 Å². The average molecular weight is 289 g/mol. The smallest absolute Gasteiger partial charge is 0.239 e. The molecule has 0 saturated heterocycles. The molecular weight excluding hydrogens is 278 g/mol. The molecule has 16 heavy (non-hydrogen) atoms. The average Bonchev–Trinajstić information content (AvgIpc) is 2.41. The molecule has 0 bridgehead atoms. The van der Waals surface area contributed by atoms with Crippen LogP contribution in [0.3, 0.4) is 0 Å². The van der Waals surface area contributed by atoms with Crippen molar-refractivity contribution in [2.45, 2.75) is 31.6 Å². The number of hydrogen-bond acceptors (Lipinski definition) is 1. The summed E-state index contributed by atoms with van der Waals surface area (Å²) in [5.41, 5.74) is 0.579. The molecule has 1 aromatic carbocycles. The molecule has 0 aliphatic heterocycles. The van der Waals surface area contributed by atoms with Gasteiger partial charge in [-0.1, -0.05) is 28.1 Å². The van der Waals surface area contributed by atoms with Crippen LogP contribution in [0, 0.1) is 0 Å². The number of ketones is 1. The normalized spacial score (nSPS) is 23.9. The van der Waals surface area contributed by atoms with Crippen LogP contribution in [0.15, 0.2) is 22.7 Å². The predicted molar refractivity (Wildman–Crippen MR) is 60.8 cm³/mol. The molecule has 2 rings (SSSR count). The zero-order valence-corrected chi connectivity index (χ0v) is 10.4. The van der Waals surface area contributed by atoms with Gasteiger partial charge in [0.2, 0.25) is 6.43 Å². The molecule has 1 aliphatic rings. The summed E-state index contributed by atoms with van der Waals surface area (Å²) < 4.78 is 25.9. The maximum absolute atomic E-state index is 12.5. The van der Waals surface area contributed by atoms with E-state index in [2.05, 4.69) is 15.9 Å². The molecule has 0 heterocycles. The van der Waals surface area contributed by atoms with Crippen LogP contribution in [0.4, 0.5) is 8.78 Å². The topological polar surface area (TPSA) is 17.1 Å². The van der Waals surface area contributed by atoms with Crippen LogP contribution in [-0.2, 0) is 16.6 Å². The van der Waals surface area contributed by atoms with Crippen LogP contribution in [0.1, 0.15) is 24.5 Å². The summed E-state index contributed by atoms with van der Waals surface area (Å²) in [7, 11) is 0. The maximum Gasteiger partial charge on any atom is 0.239 e. The summed E-state index contributed by atoms with van der Waals surface area (Å²) in [6.07, 6.45) is -2.60. The minimum absolute atomic E-state index is 0.116. The Kier molecular flexibility index (Phi) is 2.86. The highest BCUT2D eigenvalue weighted by atomic mass is 79.9. The number of Topliss-reactive ketones (excluding diaryl/α,β-unsaturated/α-hetero) is 1. The Bertz CT molecular complexity index is 445. The molecule has 1 unspecified atom stereocenters. The molecule has 1 nitrogen and oxygen atoms in total. The van der Waals surface area contributed by atoms with Crippen LogP contribution in [0.5, 0.6) is 0 Å². The Morgan fingerprint density at radius 1 is 1.50 bits per heavy atom. The van der Waals surface area contributed by atoms with E-state index in [1.807, 2.05) is 6.07 Å². The summed E-state index contributed by atoms with van der Waals surface area (Å²) in [5.74, 6) is -0.116. The van der Waals surface area contributed by atoms with Crippen LogP contribution >= 0.6 is 15.9 Å². The van der Waals surface area contributed by atoms with E-state index in [1.165, 1.54) is 0 Å². The first-order valence-electron chi connectivity index (χ1n) is 5.04. The lowest BCUT2D eigenvalue weighted by Gasteiger charge is -2.23. The summed E-state index contributed by atoms with van der Waals surface area (Å²) in [4.78, 5) is 11.9. The molecule has 0 fully saturated rings. The highest BCUT2D eigenvalue weighted by Crippen LogP contribution is 2.42. The van der Waals surface area contributed by atoms with E-state index in [-0.39, 0.29) is 12.2 Å². The SMILES string of the molecule is CC1(CC(F)F)C(=O)Cc2c(Br)cccc21. The van der Waals surface area contributed by atoms with Gasteiger partial charge in [-0.05, 0) is 24.1 Å². The first-order valence-corrected chi connectivity index (χ1v) is 5.84. The van der Waals surface area contributed by atoms with Gasteiger partial charge in [0.1, 0.15) is 5.78 Å². The number of halogens is 3. The molecule has 0 N–H and O–H groups in total. The number of carbonyl (C=O) groups excluding carboxylic acids is 1. The minimum atomic E-state index is -2.46. The van der Waals surface area contributed by atoms with E-state index >= 15 is 0 Å². The van der Waals surface area contributed by atoms with Crippen LogP contribution in [0.2, 0.25) is 0 Å². The van der Waals surface area contributed by atoms with Gasteiger partial charge in [0.15, 0.2) is 0 Å². The summed E-state index contributed by atoms with van der Waals surface area (Å²) in [6, 6.07) is 5.39. The Morgan fingerprint density at radius 2 is 2.19 bits per heavy atom. The standard InChI is InChI=1S/C12H11BrF2O/c1-12(6-11(14)15)8-3-2-4-9(13)7(8)5-10(12)16/h2-4,11H,5-6H2,1H3. The van der Waals surface area contributed by atoms with Crippen molar-refractivity contribution in [3.63, 3.8) is 0 Å². The fourth-order valence-electron chi connectivity index (χ4n) is 2.29. The van der Waals surface area contributed by atoms with Crippen LogP contribution in [0.25, 0.3) is 0 Å². The van der Waals surface area contributed by atoms with Crippen molar-refractivity contribution in [1.82, 2.24) is 0 Å². The fraction of sp³-hybridized carbons (Fsp3) is 0.417. The van der Waals surface area contributed by atoms with Crippen molar-refractivity contribution in [3.05, 3.63) is 33.8 Å². The third kappa shape index (κ3) is 1.69. The van der Waals surface area contributed by atoms with Gasteiger partial charge in [-0.3, -0.25) is 4.79 Å². The van der Waals surface area contributed by atoms with Crippen molar-refractivity contribution < 1.29 is 13.6 Å². The Hall–Kier alpha value is -0.770. The van der Waals surface area contributed by atoms with Crippen molar-refractivity contribution in [1.29, 1.82) is 0 Å². The van der Waals surface area contributed by atoms with Gasteiger partial charge >= 0.3 is 0 Å². The van der Waals surface area contributed by atoms with E-state index in [1.54, 1.807) is 19.1 Å². The van der Waals surface area contributed by atoms with Crippen LogP contribution in [-0.4, -0.2) is 12.2 Å². The first kappa shape index (κ1) is 11.7. The summed E-state index contributed by atoms with van der Waals surface area (Å²) >= 11 is 3.35. The second-order valence-corrected chi connectivity index (χ2v) is 5.15. The van der Waals surface area contributed by atoms with Gasteiger partial charge in [0, 0.05) is 17.3 Å². The van der Waals surface area contributed by atoms with Crippen molar-refractivity contribution >= 4 is 21.7 Å². The first-order chi connectivity index (χ1) is 7.45. The molecule has 0 radical (unpaired) electrons. The number of hydrogen-bond donors (Lipinski definition) is 0. The van der Waals surface area contributed by atoms with Crippen molar-refractivity contribution in [2.24, 2.45) is 0 Å². The summed E-state index contributed by atoms with van der Waals surface area (Å²) in [6.45, 7) is 1.61. The zero-order valence-electron chi connectivity index (χ0n) is 8.77. The number of rotatable bonds is 2. The van der Waals surface area contributed by atoms with Crippen LogP contribution < -0.4 is 0 Å². The number of fused-ring (bicyclic) bond motifs is 1. The molecule has 0 saturated carbocycles. The Balaban J connectivity index is 2.51. The Labute approximate surface area is 101 Å². The number of alkyl halides is 2. The molecule has 1 aliphatic carbocycles. The zero-order chi connectivity index (χ0) is 11.9. The van der Waals surface area contributed by atoms with Crippen molar-refractivity contribution in [3.8, 4) is 0 Å². The van der Waals surface area contributed by atoms with Crippen molar-refractivity contribution in [2.75, 3.05) is 0 Å². The fourth-order valence-corrected chi connectivity index (χ4v) is 2.80. The van der Waals surface area contributed by atoms with Gasteiger partial charge in [-0.2, -0.15) is 0 Å². The lowest BCUT2D eigenvalue weighted by molar-refractivity contribution is -0.123. The molecule has 0 aromatic heterocycles. The minimum Gasteiger partial charge on any atom is -0.298 e. The lowest BCUT2D eigenvalue weighted by atomic mass is 9.80. The van der Waals surface area contributed by atoms with Gasteiger partial charge in [0.05, 0.1) is 5.41 Å².